The molecule has 0 unspecified atom stereocenters. The molecule has 1 saturated heterocycles. The number of carbonyl (C=O) groups is 3. The molecule has 7 nitrogen and oxygen atoms in total. The average Bonchev–Trinajstić information content (AvgIpc) is 2.78. The van der Waals surface area contributed by atoms with Crippen molar-refractivity contribution in [1.29, 1.82) is 0 Å². The van der Waals surface area contributed by atoms with Crippen LogP contribution in [0.3, 0.4) is 0 Å². The van der Waals surface area contributed by atoms with Crippen molar-refractivity contribution < 1.29 is 28.6 Å². The molecule has 0 saturated carbocycles. The molecule has 0 atom stereocenters. The first-order valence-corrected chi connectivity index (χ1v) is 11.4. The fraction of sp³-hybridized carbons (Fsp3) is 0.423. The number of hydrogen-bond acceptors (Lipinski definition) is 4. The third-order valence-electron chi connectivity index (χ3n) is 5.71. The van der Waals surface area contributed by atoms with Crippen molar-refractivity contribution in [3.05, 3.63) is 65.5 Å². The van der Waals surface area contributed by atoms with Crippen LogP contribution in [-0.2, 0) is 16.1 Å². The van der Waals surface area contributed by atoms with Gasteiger partial charge in [0.1, 0.15) is 11.4 Å². The Balaban J connectivity index is 1.67. The van der Waals surface area contributed by atoms with Crippen LogP contribution in [-0.4, -0.2) is 46.7 Å². The van der Waals surface area contributed by atoms with Crippen LogP contribution in [0, 0.1) is 11.7 Å². The number of carbonyl (C=O) groups excluding carboxylic acids is 2. The van der Waals surface area contributed by atoms with E-state index in [-0.39, 0.29) is 30.0 Å². The number of amides is 2. The van der Waals surface area contributed by atoms with E-state index in [1.165, 1.54) is 24.3 Å². The number of likely N-dealkylation sites (tertiary alicyclic amines) is 1. The van der Waals surface area contributed by atoms with E-state index in [1.54, 1.807) is 34.1 Å². The number of halogens is 1. The summed E-state index contributed by atoms with van der Waals surface area (Å²) in [6.07, 6.45) is 1.34. The quantitative estimate of drug-likeness (QED) is 0.635. The topological polar surface area (TPSA) is 87.2 Å². The van der Waals surface area contributed by atoms with E-state index in [2.05, 4.69) is 0 Å². The van der Waals surface area contributed by atoms with Crippen molar-refractivity contribution in [2.75, 3.05) is 18.0 Å². The van der Waals surface area contributed by atoms with Gasteiger partial charge >= 0.3 is 12.1 Å². The Morgan fingerprint density at radius 3 is 2.15 bits per heavy atom. The molecule has 0 spiro atoms. The highest BCUT2D eigenvalue weighted by molar-refractivity contribution is 5.93. The summed E-state index contributed by atoms with van der Waals surface area (Å²) in [7, 11) is 0. The van der Waals surface area contributed by atoms with Gasteiger partial charge in [-0.15, -0.1) is 0 Å². The van der Waals surface area contributed by atoms with Gasteiger partial charge in [0.05, 0.1) is 12.1 Å². The number of hydrogen-bond donors (Lipinski definition) is 1. The summed E-state index contributed by atoms with van der Waals surface area (Å²) < 4.78 is 18.9. The van der Waals surface area contributed by atoms with Crippen molar-refractivity contribution >= 4 is 23.7 Å². The summed E-state index contributed by atoms with van der Waals surface area (Å²) in [6.45, 7) is 6.78. The van der Waals surface area contributed by atoms with Gasteiger partial charge in [-0.2, -0.15) is 0 Å². The maximum absolute atomic E-state index is 13.5. The van der Waals surface area contributed by atoms with Gasteiger partial charge in [0, 0.05) is 25.2 Å². The summed E-state index contributed by atoms with van der Waals surface area (Å²) in [5, 5.41) is 9.11. The molecule has 1 N–H and O–H groups in total. The molecule has 2 amide bonds. The standard InChI is InChI=1S/C26H31FN2O5/c1-26(2,3)34-25(33)28-14-12-18(13-15-28)16-23(30)29(22-10-8-21(27)9-11-22)17-19-4-6-20(7-5-19)24(31)32/h4-11,18H,12-17H2,1-3H3,(H,31,32). The molecular weight excluding hydrogens is 439 g/mol. The Morgan fingerprint density at radius 1 is 1.03 bits per heavy atom. The van der Waals surface area contributed by atoms with Gasteiger partial charge < -0.3 is 19.6 Å². The van der Waals surface area contributed by atoms with Crippen LogP contribution in [0.25, 0.3) is 0 Å². The molecule has 1 aliphatic heterocycles. The first kappa shape index (κ1) is 25.2. The van der Waals surface area contributed by atoms with E-state index in [4.69, 9.17) is 9.84 Å². The van der Waals surface area contributed by atoms with Gasteiger partial charge in [0.2, 0.25) is 5.91 Å². The third kappa shape index (κ3) is 7.04. The van der Waals surface area contributed by atoms with Crippen LogP contribution >= 0.6 is 0 Å². The maximum Gasteiger partial charge on any atom is 0.410 e. The minimum absolute atomic E-state index is 0.107. The lowest BCUT2D eigenvalue weighted by Crippen LogP contribution is -2.42. The summed E-state index contributed by atoms with van der Waals surface area (Å²) in [4.78, 5) is 40.0. The minimum atomic E-state index is -1.02. The number of benzene rings is 2. The van der Waals surface area contributed by atoms with Crippen LogP contribution in [0.4, 0.5) is 14.9 Å². The van der Waals surface area contributed by atoms with Crippen LogP contribution in [0.15, 0.2) is 48.5 Å². The second-order valence-corrected chi connectivity index (χ2v) is 9.57. The molecule has 34 heavy (non-hydrogen) atoms. The predicted molar refractivity (Wildman–Crippen MR) is 126 cm³/mol. The highest BCUT2D eigenvalue weighted by Crippen LogP contribution is 2.26. The summed E-state index contributed by atoms with van der Waals surface area (Å²) >= 11 is 0. The Hall–Kier alpha value is -3.42. The second-order valence-electron chi connectivity index (χ2n) is 9.57. The maximum atomic E-state index is 13.5. The number of aromatic carboxylic acids is 1. The van der Waals surface area contributed by atoms with Gasteiger partial charge in [-0.3, -0.25) is 4.79 Å². The van der Waals surface area contributed by atoms with E-state index in [0.717, 1.165) is 5.56 Å². The number of ether oxygens (including phenoxy) is 1. The smallest absolute Gasteiger partial charge is 0.410 e. The van der Waals surface area contributed by atoms with Crippen LogP contribution in [0.2, 0.25) is 0 Å². The van der Waals surface area contributed by atoms with Crippen LogP contribution in [0.5, 0.6) is 0 Å². The number of anilines is 1. The number of carboxylic acid groups (broad SMARTS) is 1. The summed E-state index contributed by atoms with van der Waals surface area (Å²) in [6, 6.07) is 12.1. The zero-order valence-corrected chi connectivity index (χ0v) is 19.8. The molecule has 182 valence electrons. The molecule has 1 aliphatic rings. The first-order valence-electron chi connectivity index (χ1n) is 11.4. The molecule has 1 heterocycles. The highest BCUT2D eigenvalue weighted by atomic mass is 19.1. The molecular formula is C26H31FN2O5. The lowest BCUT2D eigenvalue weighted by molar-refractivity contribution is -0.120. The third-order valence-corrected chi connectivity index (χ3v) is 5.71. The summed E-state index contributed by atoms with van der Waals surface area (Å²) in [5.41, 5.74) is 0.949. The number of rotatable bonds is 6. The molecule has 2 aromatic rings. The van der Waals surface area contributed by atoms with Crippen molar-refractivity contribution in [2.24, 2.45) is 5.92 Å². The lowest BCUT2D eigenvalue weighted by Gasteiger charge is -2.34. The molecule has 0 aromatic heterocycles. The van der Waals surface area contributed by atoms with Crippen molar-refractivity contribution in [2.45, 2.75) is 52.2 Å². The van der Waals surface area contributed by atoms with Gasteiger partial charge in [-0.25, -0.2) is 14.0 Å². The monoisotopic (exact) mass is 470 g/mol. The fourth-order valence-electron chi connectivity index (χ4n) is 3.88. The lowest BCUT2D eigenvalue weighted by atomic mass is 9.93. The van der Waals surface area contributed by atoms with Crippen LogP contribution < -0.4 is 4.90 Å². The first-order chi connectivity index (χ1) is 16.0. The molecule has 2 aromatic carbocycles. The molecule has 0 radical (unpaired) electrons. The fourth-order valence-corrected chi connectivity index (χ4v) is 3.88. The van der Waals surface area contributed by atoms with Gasteiger partial charge in [-0.05, 0) is 81.5 Å². The zero-order valence-electron chi connectivity index (χ0n) is 19.8. The highest BCUT2D eigenvalue weighted by Gasteiger charge is 2.29. The van der Waals surface area contributed by atoms with Crippen LogP contribution in [0.1, 0.15) is 56.0 Å². The molecule has 3 rings (SSSR count). The molecule has 1 fully saturated rings. The van der Waals surface area contributed by atoms with Crippen molar-refractivity contribution in [3.63, 3.8) is 0 Å². The molecule has 0 bridgehead atoms. The SMILES string of the molecule is CC(C)(C)OC(=O)N1CCC(CC(=O)N(Cc2ccc(C(=O)O)cc2)c2ccc(F)cc2)CC1. The second kappa shape index (κ2) is 10.7. The molecule has 0 aliphatic carbocycles. The minimum Gasteiger partial charge on any atom is -0.478 e. The van der Waals surface area contributed by atoms with E-state index in [1.807, 2.05) is 20.8 Å². The largest absolute Gasteiger partial charge is 0.478 e. The Kier molecular flexibility index (Phi) is 7.91. The average molecular weight is 471 g/mol. The molecule has 8 heteroatoms. The van der Waals surface area contributed by atoms with Gasteiger partial charge in [0.15, 0.2) is 0 Å². The van der Waals surface area contributed by atoms with Crippen molar-refractivity contribution in [1.82, 2.24) is 4.90 Å². The van der Waals surface area contributed by atoms with Crippen molar-refractivity contribution in [3.8, 4) is 0 Å². The van der Waals surface area contributed by atoms with E-state index in [9.17, 15) is 18.8 Å². The zero-order chi connectivity index (χ0) is 24.9. The Morgan fingerprint density at radius 2 is 1.62 bits per heavy atom. The van der Waals surface area contributed by atoms with Gasteiger partial charge in [0.25, 0.3) is 0 Å². The Bertz CT molecular complexity index is 1010. The van der Waals surface area contributed by atoms with Gasteiger partial charge in [-0.1, -0.05) is 12.1 Å². The number of carboxylic acids is 1. The van der Waals surface area contributed by atoms with E-state index < -0.39 is 17.4 Å². The number of nitrogens with zero attached hydrogens (tertiary/aromatic N) is 2. The normalized spacial score (nSPS) is 14.5. The number of piperidine rings is 1. The van der Waals surface area contributed by atoms with E-state index in [0.29, 0.717) is 38.0 Å². The Labute approximate surface area is 199 Å². The predicted octanol–water partition coefficient (Wildman–Crippen LogP) is 5.09. The van der Waals surface area contributed by atoms with E-state index >= 15 is 0 Å². The summed E-state index contributed by atoms with van der Waals surface area (Å²) in [5.74, 6) is -1.40.